The quantitative estimate of drug-likeness (QED) is 0.625. The van der Waals surface area contributed by atoms with Crippen molar-refractivity contribution in [3.8, 4) is 0 Å². The van der Waals surface area contributed by atoms with Gasteiger partial charge in [0.15, 0.2) is 9.84 Å². The van der Waals surface area contributed by atoms with Gasteiger partial charge in [0.1, 0.15) is 0 Å². The lowest BCUT2D eigenvalue weighted by Crippen LogP contribution is -2.49. The molecule has 2 aromatic carbocycles. The molecule has 4 nitrogen and oxygen atoms in total. The highest BCUT2D eigenvalue weighted by Gasteiger charge is 2.42. The van der Waals surface area contributed by atoms with Gasteiger partial charge in [0.2, 0.25) is 0 Å². The van der Waals surface area contributed by atoms with Crippen molar-refractivity contribution in [3.05, 3.63) is 69.7 Å². The van der Waals surface area contributed by atoms with E-state index in [1.807, 2.05) is 48.5 Å². The Morgan fingerprint density at radius 1 is 1.07 bits per heavy atom. The highest BCUT2D eigenvalue weighted by molar-refractivity contribution is 7.91. The van der Waals surface area contributed by atoms with Gasteiger partial charge in [-0.15, -0.1) is 0 Å². The second-order valence-electron chi connectivity index (χ2n) is 7.70. The predicted molar refractivity (Wildman–Crippen MR) is 117 cm³/mol. The standard InChI is InChI=1S/C21H26Cl2N2O2S/c1-21(8-11-28(26,27)16-21)25(15-18-5-3-7-20(23)13-18)10-9-24-14-17-4-2-6-19(22)12-17/h2-7,12-13,24H,8-11,14-16H2,1H3/t21-/m1/s1. The molecule has 1 saturated heterocycles. The largest absolute Gasteiger partial charge is 0.311 e. The highest BCUT2D eigenvalue weighted by atomic mass is 35.5. The average molecular weight is 441 g/mol. The van der Waals surface area contributed by atoms with Gasteiger partial charge in [0.05, 0.1) is 11.5 Å². The molecule has 1 aliphatic rings. The lowest BCUT2D eigenvalue weighted by Gasteiger charge is -2.38. The molecule has 7 heteroatoms. The van der Waals surface area contributed by atoms with Crippen LogP contribution >= 0.6 is 23.2 Å². The molecular weight excluding hydrogens is 415 g/mol. The summed E-state index contributed by atoms with van der Waals surface area (Å²) in [5.74, 6) is 0.459. The number of nitrogens with one attached hydrogen (secondary N) is 1. The van der Waals surface area contributed by atoms with Crippen molar-refractivity contribution in [1.82, 2.24) is 10.2 Å². The minimum absolute atomic E-state index is 0.203. The predicted octanol–water partition coefficient (Wildman–Crippen LogP) is 4.16. The fourth-order valence-electron chi connectivity index (χ4n) is 3.73. The van der Waals surface area contributed by atoms with Crippen LogP contribution in [0.5, 0.6) is 0 Å². The maximum Gasteiger partial charge on any atom is 0.152 e. The number of sulfone groups is 1. The fraction of sp³-hybridized carbons (Fsp3) is 0.429. The molecule has 0 bridgehead atoms. The first kappa shape index (κ1) is 21.6. The lowest BCUT2D eigenvalue weighted by molar-refractivity contribution is 0.117. The van der Waals surface area contributed by atoms with E-state index in [0.29, 0.717) is 18.0 Å². The molecule has 0 spiro atoms. The molecule has 3 rings (SSSR count). The third-order valence-electron chi connectivity index (χ3n) is 5.29. The van der Waals surface area contributed by atoms with Gasteiger partial charge in [0, 0.05) is 41.8 Å². The van der Waals surface area contributed by atoms with Gasteiger partial charge in [-0.3, -0.25) is 4.90 Å². The summed E-state index contributed by atoms with van der Waals surface area (Å²) < 4.78 is 24.3. The second kappa shape index (κ2) is 9.14. The molecule has 28 heavy (non-hydrogen) atoms. The van der Waals surface area contributed by atoms with Crippen LogP contribution in [0.15, 0.2) is 48.5 Å². The minimum atomic E-state index is -2.98. The molecular formula is C21H26Cl2N2O2S. The van der Waals surface area contributed by atoms with E-state index in [4.69, 9.17) is 23.2 Å². The summed E-state index contributed by atoms with van der Waals surface area (Å²) in [4.78, 5) is 2.27. The van der Waals surface area contributed by atoms with E-state index in [1.165, 1.54) is 0 Å². The van der Waals surface area contributed by atoms with Crippen LogP contribution in [-0.2, 0) is 22.9 Å². The fourth-order valence-corrected chi connectivity index (χ4v) is 6.33. The first-order valence-corrected chi connectivity index (χ1v) is 12.0. The van der Waals surface area contributed by atoms with Gasteiger partial charge in [-0.25, -0.2) is 8.42 Å². The van der Waals surface area contributed by atoms with Crippen molar-refractivity contribution in [3.63, 3.8) is 0 Å². The first-order valence-electron chi connectivity index (χ1n) is 9.41. The third-order valence-corrected chi connectivity index (χ3v) is 7.64. The minimum Gasteiger partial charge on any atom is -0.311 e. The molecule has 1 N–H and O–H groups in total. The summed E-state index contributed by atoms with van der Waals surface area (Å²) in [6.07, 6.45) is 0.657. The molecule has 0 aromatic heterocycles. The molecule has 0 radical (unpaired) electrons. The van der Waals surface area contributed by atoms with Gasteiger partial charge < -0.3 is 5.32 Å². The van der Waals surface area contributed by atoms with E-state index in [-0.39, 0.29) is 17.0 Å². The summed E-state index contributed by atoms with van der Waals surface area (Å²) in [7, 11) is -2.98. The normalized spacial score (nSPS) is 21.3. The number of hydrogen-bond donors (Lipinski definition) is 1. The summed E-state index contributed by atoms with van der Waals surface area (Å²) in [5.41, 5.74) is 1.86. The van der Waals surface area contributed by atoms with E-state index >= 15 is 0 Å². The van der Waals surface area contributed by atoms with Crippen LogP contribution < -0.4 is 5.32 Å². The Labute approximate surface area is 177 Å². The van der Waals surface area contributed by atoms with E-state index < -0.39 is 9.84 Å². The number of nitrogens with zero attached hydrogens (tertiary/aromatic N) is 1. The van der Waals surface area contributed by atoms with Gasteiger partial charge in [-0.1, -0.05) is 47.5 Å². The van der Waals surface area contributed by atoms with E-state index in [0.717, 1.165) is 35.8 Å². The van der Waals surface area contributed by atoms with Gasteiger partial charge in [-0.05, 0) is 48.7 Å². The number of halogens is 2. The Morgan fingerprint density at radius 2 is 1.71 bits per heavy atom. The Kier molecular flexibility index (Phi) is 7.05. The van der Waals surface area contributed by atoms with Crippen molar-refractivity contribution in [2.24, 2.45) is 0 Å². The Morgan fingerprint density at radius 3 is 2.32 bits per heavy atom. The third kappa shape index (κ3) is 5.94. The van der Waals surface area contributed by atoms with E-state index in [9.17, 15) is 8.42 Å². The van der Waals surface area contributed by atoms with E-state index in [1.54, 1.807) is 0 Å². The van der Waals surface area contributed by atoms with Crippen molar-refractivity contribution < 1.29 is 8.42 Å². The highest BCUT2D eigenvalue weighted by Crippen LogP contribution is 2.31. The van der Waals surface area contributed by atoms with Crippen LogP contribution in [0.3, 0.4) is 0 Å². The Hall–Kier alpha value is -1.11. The molecule has 0 aliphatic carbocycles. The van der Waals surface area contributed by atoms with Crippen molar-refractivity contribution in [2.75, 3.05) is 24.6 Å². The van der Waals surface area contributed by atoms with Crippen LogP contribution in [0, 0.1) is 0 Å². The van der Waals surface area contributed by atoms with Crippen molar-refractivity contribution in [2.45, 2.75) is 32.0 Å². The molecule has 1 atom stereocenters. The summed E-state index contributed by atoms with van der Waals surface area (Å²) >= 11 is 12.2. The zero-order valence-corrected chi connectivity index (χ0v) is 18.3. The Balaban J connectivity index is 1.65. The van der Waals surface area contributed by atoms with Crippen LogP contribution in [0.25, 0.3) is 0 Å². The number of benzene rings is 2. The molecule has 0 unspecified atom stereocenters. The molecule has 2 aromatic rings. The van der Waals surface area contributed by atoms with Crippen LogP contribution in [-0.4, -0.2) is 43.5 Å². The van der Waals surface area contributed by atoms with Gasteiger partial charge in [0.25, 0.3) is 0 Å². The van der Waals surface area contributed by atoms with Crippen LogP contribution in [0.4, 0.5) is 0 Å². The maximum absolute atomic E-state index is 12.1. The zero-order chi connectivity index (χ0) is 20.2. The van der Waals surface area contributed by atoms with Crippen LogP contribution in [0.2, 0.25) is 10.0 Å². The lowest BCUT2D eigenvalue weighted by atomic mass is 9.98. The maximum atomic E-state index is 12.1. The summed E-state index contributed by atoms with van der Waals surface area (Å²) in [6.45, 7) is 4.95. The zero-order valence-electron chi connectivity index (χ0n) is 16.0. The molecule has 1 heterocycles. The number of hydrogen-bond acceptors (Lipinski definition) is 4. The summed E-state index contributed by atoms with van der Waals surface area (Å²) in [5, 5.41) is 4.86. The SMILES string of the molecule is C[C@@]1(N(CCNCc2cccc(Cl)c2)Cc2cccc(Cl)c2)CCS(=O)(=O)C1. The second-order valence-corrected chi connectivity index (χ2v) is 10.8. The average Bonchev–Trinajstić information content (AvgIpc) is 2.92. The number of rotatable bonds is 8. The van der Waals surface area contributed by atoms with Crippen molar-refractivity contribution in [1.29, 1.82) is 0 Å². The van der Waals surface area contributed by atoms with Gasteiger partial charge in [-0.2, -0.15) is 0 Å². The molecule has 0 saturated carbocycles. The molecule has 1 aliphatic heterocycles. The Bertz CT molecular complexity index is 920. The monoisotopic (exact) mass is 440 g/mol. The molecule has 1 fully saturated rings. The van der Waals surface area contributed by atoms with Crippen molar-refractivity contribution >= 4 is 33.0 Å². The molecule has 152 valence electrons. The van der Waals surface area contributed by atoms with E-state index in [2.05, 4.69) is 17.1 Å². The van der Waals surface area contributed by atoms with Crippen LogP contribution in [0.1, 0.15) is 24.5 Å². The topological polar surface area (TPSA) is 49.4 Å². The first-order chi connectivity index (χ1) is 13.3. The summed E-state index contributed by atoms with van der Waals surface area (Å²) in [6, 6.07) is 15.5. The van der Waals surface area contributed by atoms with Gasteiger partial charge >= 0.3 is 0 Å². The smallest absolute Gasteiger partial charge is 0.152 e. The molecule has 0 amide bonds.